The van der Waals surface area contributed by atoms with Gasteiger partial charge in [0.2, 0.25) is 17.4 Å². The maximum absolute atomic E-state index is 4.95. The molecule has 0 amide bonds. The summed E-state index contributed by atoms with van der Waals surface area (Å²) in [6.07, 6.45) is 12.6. The van der Waals surface area contributed by atoms with Crippen molar-refractivity contribution >= 4 is 11.4 Å². The second kappa shape index (κ2) is 19.8. The molecule has 0 saturated carbocycles. The maximum Gasteiger partial charge on any atom is 0.243 e. The average molecular weight is 718 g/mol. The number of hydrogen-bond donors (Lipinski definition) is 0. The third-order valence-electron chi connectivity index (χ3n) is 4.66. The van der Waals surface area contributed by atoms with Crippen molar-refractivity contribution in [2.24, 2.45) is 0 Å². The van der Waals surface area contributed by atoms with Gasteiger partial charge in [-0.05, 0) is 61.2 Å². The summed E-state index contributed by atoms with van der Waals surface area (Å²) >= 11 is 0. The third-order valence-corrected chi connectivity index (χ3v) is 4.66. The van der Waals surface area contributed by atoms with Crippen molar-refractivity contribution in [1.82, 2.24) is 0 Å². The molecule has 0 unspecified atom stereocenters. The Morgan fingerprint density at radius 2 is 1.12 bits per heavy atom. The minimum Gasteiger partial charge on any atom is -0.693 e. The Balaban J connectivity index is 0.00000800. The molecule has 0 atom stereocenters. The van der Waals surface area contributed by atoms with Crippen LogP contribution in [0.2, 0.25) is 0 Å². The summed E-state index contributed by atoms with van der Waals surface area (Å²) < 4.78 is 1.96. The Hall–Kier alpha value is -5.23. The summed E-state index contributed by atoms with van der Waals surface area (Å²) in [5, 5.41) is 3.97. The monoisotopic (exact) mass is 717 g/mol. The number of terminal acetylenes is 1. The number of hydrogen-bond acceptors (Lipinski definition) is 0. The molecule has 0 saturated heterocycles. The molecule has 1 heterocycles. The molecule has 0 fully saturated rings. The summed E-state index contributed by atoms with van der Waals surface area (Å²) in [7, 11) is 1.73. The second-order valence-electron chi connectivity index (χ2n) is 7.45. The van der Waals surface area contributed by atoms with E-state index in [9.17, 15) is 0 Å². The second-order valence-corrected chi connectivity index (χ2v) is 7.45. The van der Waals surface area contributed by atoms with Crippen LogP contribution in [0.4, 0.5) is 5.69 Å². The predicted octanol–water partition coefficient (Wildman–Crippen LogP) is 3.76. The van der Waals surface area contributed by atoms with Crippen LogP contribution in [0.1, 0.15) is 19.4 Å². The van der Waals surface area contributed by atoms with Crippen molar-refractivity contribution in [1.29, 1.82) is 0 Å². The minimum atomic E-state index is -0.207. The van der Waals surface area contributed by atoms with Gasteiger partial charge in [0.05, 0.1) is 11.3 Å². The molecule has 2 nitrogen and oxygen atoms in total. The first-order valence-corrected chi connectivity index (χ1v) is 11.3. The van der Waals surface area contributed by atoms with Crippen molar-refractivity contribution in [2.45, 2.75) is 19.3 Å². The minimum absolute atomic E-state index is 0. The molecule has 3 heteroatoms. The van der Waals surface area contributed by atoms with Gasteiger partial charge in [0, 0.05) is 127 Å². The summed E-state index contributed by atoms with van der Waals surface area (Å²) in [4.78, 5) is 0. The molecule has 1 radical (unpaired) electrons. The van der Waals surface area contributed by atoms with Crippen LogP contribution in [0.15, 0.2) is 48.7 Å². The number of nitrogens with zero attached hydrogens (tertiary/aromatic N) is 2. The number of para-hydroxylation sites is 1. The summed E-state index contributed by atoms with van der Waals surface area (Å²) in [5.41, 5.74) is 3.08. The molecule has 179 valence electrons. The molecule has 0 aromatic heterocycles. The van der Waals surface area contributed by atoms with E-state index in [0.717, 1.165) is 11.4 Å². The number of rotatable bonds is 3. The smallest absolute Gasteiger partial charge is 0.243 e. The average Bonchev–Trinajstić information content (AvgIpc) is 3.15. The van der Waals surface area contributed by atoms with Crippen LogP contribution in [0, 0.1) is 175 Å². The van der Waals surface area contributed by atoms with Gasteiger partial charge in [-0.2, -0.15) is 6.20 Å². The van der Waals surface area contributed by atoms with Gasteiger partial charge in [0.1, 0.15) is 0 Å². The van der Waals surface area contributed by atoms with E-state index in [-0.39, 0.29) is 49.5 Å². The van der Waals surface area contributed by atoms with Gasteiger partial charge in [-0.3, -0.25) is 0 Å². The third kappa shape index (κ3) is 11.4. The van der Waals surface area contributed by atoms with Crippen LogP contribution in [-0.4, -0.2) is 17.3 Å². The van der Waals surface area contributed by atoms with Crippen LogP contribution in [0.3, 0.4) is 0 Å². The van der Waals surface area contributed by atoms with Crippen LogP contribution >= 0.6 is 0 Å². The Labute approximate surface area is 274 Å². The summed E-state index contributed by atoms with van der Waals surface area (Å²) in [5.74, 6) is 50.8. The standard InChI is InChI=1S/C37H18N2.Ac/c1-5-6-7-8-9-10-11-12-13-14-15-16-17-18-19-20-21-22-23-28-33-39-35-30-25-24-29-34(35)37(2,3)36(39)31-26-27-32-38-4;/h1,24-27,29-32H,2-4H3;. The van der Waals surface area contributed by atoms with Crippen molar-refractivity contribution in [3.8, 4) is 131 Å². The Bertz CT molecular complexity index is 1920. The first kappa shape index (κ1) is 32.8. The first-order valence-electron chi connectivity index (χ1n) is 11.3. The fourth-order valence-corrected chi connectivity index (χ4v) is 3.08. The van der Waals surface area contributed by atoms with E-state index < -0.39 is 0 Å². The topological polar surface area (TPSA) is 17.1 Å². The first-order chi connectivity index (χ1) is 19.1. The Morgan fingerprint density at radius 3 is 1.60 bits per heavy atom. The quantitative estimate of drug-likeness (QED) is 0.258. The molecule has 2 rings (SSSR count). The van der Waals surface area contributed by atoms with Crippen LogP contribution < -0.4 is 0 Å². The molecule has 1 aromatic carbocycles. The normalized spacial score (nSPS) is 10.1. The molecule has 1 aliphatic heterocycles. The van der Waals surface area contributed by atoms with Crippen molar-refractivity contribution in [2.75, 3.05) is 7.05 Å². The summed E-state index contributed by atoms with van der Waals surface area (Å²) in [6, 6.07) is 11.3. The van der Waals surface area contributed by atoms with E-state index in [4.69, 9.17) is 6.42 Å². The van der Waals surface area contributed by atoms with Crippen molar-refractivity contribution in [3.05, 3.63) is 59.6 Å². The van der Waals surface area contributed by atoms with E-state index in [1.54, 1.807) is 13.2 Å². The van der Waals surface area contributed by atoms with E-state index in [0.29, 0.717) is 0 Å². The zero-order chi connectivity index (χ0) is 28.0. The van der Waals surface area contributed by atoms with Crippen LogP contribution in [0.5, 0.6) is 0 Å². The number of benzene rings is 1. The largest absolute Gasteiger partial charge is 0.693 e. The molecule has 40 heavy (non-hydrogen) atoms. The van der Waals surface area contributed by atoms with Crippen LogP contribution in [0.25, 0.3) is 5.32 Å². The van der Waals surface area contributed by atoms with Crippen molar-refractivity contribution in [3.63, 3.8) is 0 Å². The molecular formula is C37H18AcN2. The number of fused-ring (bicyclic) bond motifs is 1. The van der Waals surface area contributed by atoms with Crippen LogP contribution in [-0.2, 0) is 5.41 Å². The molecule has 1 aromatic rings. The van der Waals surface area contributed by atoms with E-state index >= 15 is 0 Å². The number of allylic oxidation sites excluding steroid dienone is 3. The maximum atomic E-state index is 4.95. The molecule has 1 aliphatic rings. The molecule has 0 spiro atoms. The predicted molar refractivity (Wildman–Crippen MR) is 159 cm³/mol. The zero-order valence-electron chi connectivity index (χ0n) is 22.2. The zero-order valence-corrected chi connectivity index (χ0v) is 26.9. The molecule has 0 bridgehead atoms. The van der Waals surface area contributed by atoms with Gasteiger partial charge in [-0.25, -0.2) is 0 Å². The van der Waals surface area contributed by atoms with Gasteiger partial charge in [-0.1, -0.05) is 30.4 Å². The van der Waals surface area contributed by atoms with Gasteiger partial charge in [0.15, 0.2) is 0 Å². The van der Waals surface area contributed by atoms with E-state index in [2.05, 4.69) is 156 Å². The van der Waals surface area contributed by atoms with Crippen molar-refractivity contribution < 1.29 is 48.6 Å². The SMILES string of the molecule is C#CC#CC#CC#CC#CC#CC#CC#CC#CC#CC#C[N+]1=C(/C=C/C=C/[N-]C)C(C)(C)c2ccccc21.[Ac]. The Morgan fingerprint density at radius 1 is 0.675 bits per heavy atom. The van der Waals surface area contributed by atoms with Gasteiger partial charge in [0.25, 0.3) is 0 Å². The molecule has 0 aliphatic carbocycles. The summed E-state index contributed by atoms with van der Waals surface area (Å²) in [6.45, 7) is 4.35. The Kier molecular flexibility index (Phi) is 16.3. The van der Waals surface area contributed by atoms with Gasteiger partial charge < -0.3 is 5.32 Å². The molecular weight excluding hydrogens is 699 g/mol. The molecule has 0 N–H and O–H groups in total. The fraction of sp³-hybridized carbons (Fsp3) is 0.108. The fourth-order valence-electron chi connectivity index (χ4n) is 3.08. The van der Waals surface area contributed by atoms with E-state index in [1.807, 2.05) is 34.9 Å². The van der Waals surface area contributed by atoms with Gasteiger partial charge >= 0.3 is 0 Å². The van der Waals surface area contributed by atoms with E-state index in [1.165, 1.54) is 5.56 Å². The van der Waals surface area contributed by atoms with Gasteiger partial charge in [-0.15, -0.1) is 18.0 Å².